The van der Waals surface area contributed by atoms with Crippen molar-refractivity contribution in [1.82, 2.24) is 5.32 Å². The van der Waals surface area contributed by atoms with Crippen molar-refractivity contribution in [3.63, 3.8) is 0 Å². The van der Waals surface area contributed by atoms with Crippen molar-refractivity contribution in [2.24, 2.45) is 0 Å². The molecular formula is C13H14Br2FNO. The molecule has 2 atom stereocenters. The van der Waals surface area contributed by atoms with Crippen LogP contribution in [0, 0.1) is 5.82 Å². The number of carbonyl (C=O) groups excluding carboxylic acids is 1. The number of rotatable bonds is 2. The van der Waals surface area contributed by atoms with Gasteiger partial charge in [0.1, 0.15) is 5.82 Å². The number of halogens is 3. The first-order valence-electron chi connectivity index (χ1n) is 5.98. The normalized spacial score (nSPS) is 23.7. The van der Waals surface area contributed by atoms with Crippen LogP contribution in [0.4, 0.5) is 4.39 Å². The van der Waals surface area contributed by atoms with Crippen LogP contribution in [0.5, 0.6) is 0 Å². The Hall–Kier alpha value is -0.420. The van der Waals surface area contributed by atoms with Crippen LogP contribution in [-0.2, 0) is 0 Å². The van der Waals surface area contributed by atoms with Gasteiger partial charge in [0.25, 0.3) is 5.91 Å². The molecule has 5 heteroatoms. The lowest BCUT2D eigenvalue weighted by atomic mass is 9.95. The lowest BCUT2D eigenvalue weighted by Gasteiger charge is -2.28. The zero-order valence-corrected chi connectivity index (χ0v) is 12.9. The maximum atomic E-state index is 13.2. The largest absolute Gasteiger partial charge is 0.348 e. The molecule has 1 aliphatic rings. The maximum Gasteiger partial charge on any atom is 0.252 e. The van der Waals surface area contributed by atoms with Crippen molar-refractivity contribution in [1.29, 1.82) is 0 Å². The van der Waals surface area contributed by atoms with Gasteiger partial charge in [0.15, 0.2) is 0 Å². The third kappa shape index (κ3) is 3.32. The van der Waals surface area contributed by atoms with Crippen LogP contribution >= 0.6 is 31.9 Å². The van der Waals surface area contributed by atoms with Gasteiger partial charge in [0.05, 0.1) is 5.56 Å². The fourth-order valence-electron chi connectivity index (χ4n) is 2.17. The van der Waals surface area contributed by atoms with Crippen LogP contribution in [0.2, 0.25) is 0 Å². The molecular weight excluding hydrogens is 365 g/mol. The summed E-state index contributed by atoms with van der Waals surface area (Å²) >= 11 is 6.86. The van der Waals surface area contributed by atoms with Gasteiger partial charge in [-0.15, -0.1) is 0 Å². The highest BCUT2D eigenvalue weighted by Gasteiger charge is 2.25. The molecule has 1 aromatic rings. The van der Waals surface area contributed by atoms with E-state index in [0.717, 1.165) is 19.3 Å². The van der Waals surface area contributed by atoms with Crippen LogP contribution in [0.1, 0.15) is 36.0 Å². The molecule has 0 radical (unpaired) electrons. The lowest BCUT2D eigenvalue weighted by Crippen LogP contribution is -2.42. The first kappa shape index (κ1) is 14.0. The molecule has 1 saturated carbocycles. The minimum atomic E-state index is -0.401. The average Bonchev–Trinajstić information content (AvgIpc) is 2.35. The van der Waals surface area contributed by atoms with Crippen LogP contribution in [0.25, 0.3) is 0 Å². The van der Waals surface area contributed by atoms with Crippen LogP contribution in [0.3, 0.4) is 0 Å². The van der Waals surface area contributed by atoms with Gasteiger partial charge in [-0.05, 0) is 47.0 Å². The van der Waals surface area contributed by atoms with Crippen LogP contribution < -0.4 is 5.32 Å². The van der Waals surface area contributed by atoms with Crippen molar-refractivity contribution < 1.29 is 9.18 Å². The van der Waals surface area contributed by atoms with Gasteiger partial charge < -0.3 is 5.32 Å². The minimum Gasteiger partial charge on any atom is -0.348 e. The van der Waals surface area contributed by atoms with Gasteiger partial charge in [-0.2, -0.15) is 0 Å². The Morgan fingerprint density at radius 2 is 2.06 bits per heavy atom. The number of hydrogen-bond acceptors (Lipinski definition) is 1. The topological polar surface area (TPSA) is 29.1 Å². The summed E-state index contributed by atoms with van der Waals surface area (Å²) in [5.74, 6) is -0.625. The molecule has 0 aliphatic heterocycles. The van der Waals surface area contributed by atoms with Crippen LogP contribution in [-0.4, -0.2) is 16.8 Å². The summed E-state index contributed by atoms with van der Waals surface area (Å²) < 4.78 is 13.8. The van der Waals surface area contributed by atoms with E-state index < -0.39 is 5.82 Å². The summed E-state index contributed by atoms with van der Waals surface area (Å²) in [5.41, 5.74) is 0.347. The first-order chi connectivity index (χ1) is 8.58. The van der Waals surface area contributed by atoms with E-state index >= 15 is 0 Å². The molecule has 2 rings (SSSR count). The number of hydrogen-bond donors (Lipinski definition) is 1. The van der Waals surface area contributed by atoms with Gasteiger partial charge in [0.2, 0.25) is 0 Å². The predicted octanol–water partition coefficient (Wildman–Crippen LogP) is 4.02. The fraction of sp³-hybridized carbons (Fsp3) is 0.462. The van der Waals surface area contributed by atoms with E-state index in [1.807, 2.05) is 0 Å². The highest BCUT2D eigenvalue weighted by molar-refractivity contribution is 9.10. The first-order valence-corrected chi connectivity index (χ1v) is 7.69. The molecule has 18 heavy (non-hydrogen) atoms. The van der Waals surface area contributed by atoms with E-state index in [0.29, 0.717) is 14.9 Å². The van der Waals surface area contributed by atoms with Crippen LogP contribution in [0.15, 0.2) is 22.7 Å². The zero-order chi connectivity index (χ0) is 13.1. The van der Waals surface area contributed by atoms with E-state index in [4.69, 9.17) is 0 Å². The second-order valence-corrected chi connectivity index (χ2v) is 6.54. The number of carbonyl (C=O) groups is 1. The molecule has 1 fully saturated rings. The number of benzene rings is 1. The number of amides is 1. The summed E-state index contributed by atoms with van der Waals surface area (Å²) in [7, 11) is 0. The highest BCUT2D eigenvalue weighted by atomic mass is 79.9. The molecule has 0 aromatic heterocycles. The molecule has 98 valence electrons. The van der Waals surface area contributed by atoms with E-state index in [-0.39, 0.29) is 11.9 Å². The Balaban J connectivity index is 2.09. The molecule has 2 unspecified atom stereocenters. The Morgan fingerprint density at radius 1 is 1.33 bits per heavy atom. The van der Waals surface area contributed by atoms with E-state index in [9.17, 15) is 9.18 Å². The number of alkyl halides is 1. The summed E-state index contributed by atoms with van der Waals surface area (Å²) in [5, 5.41) is 2.97. The molecule has 1 N–H and O–H groups in total. The van der Waals surface area contributed by atoms with E-state index in [2.05, 4.69) is 37.2 Å². The molecule has 1 aromatic carbocycles. The Labute approximate surface area is 123 Å². The van der Waals surface area contributed by atoms with Gasteiger partial charge >= 0.3 is 0 Å². The highest BCUT2D eigenvalue weighted by Crippen LogP contribution is 2.25. The fourth-order valence-corrected chi connectivity index (χ4v) is 3.31. The molecule has 2 nitrogen and oxygen atoms in total. The van der Waals surface area contributed by atoms with E-state index in [1.54, 1.807) is 6.07 Å². The third-order valence-electron chi connectivity index (χ3n) is 3.17. The van der Waals surface area contributed by atoms with Crippen molar-refractivity contribution in [3.8, 4) is 0 Å². The van der Waals surface area contributed by atoms with Crippen molar-refractivity contribution >= 4 is 37.8 Å². The molecule has 1 amide bonds. The molecule has 0 bridgehead atoms. The van der Waals surface area contributed by atoms with Gasteiger partial charge in [-0.25, -0.2) is 4.39 Å². The van der Waals surface area contributed by atoms with Crippen molar-refractivity contribution in [2.75, 3.05) is 0 Å². The third-order valence-corrected chi connectivity index (χ3v) is 4.96. The average molecular weight is 379 g/mol. The molecule has 0 spiro atoms. The second-order valence-electron chi connectivity index (χ2n) is 4.50. The summed E-state index contributed by atoms with van der Waals surface area (Å²) in [6.45, 7) is 0. The minimum absolute atomic E-state index is 0.126. The van der Waals surface area contributed by atoms with Gasteiger partial charge in [-0.1, -0.05) is 28.8 Å². The van der Waals surface area contributed by atoms with Gasteiger partial charge in [0, 0.05) is 15.3 Å². The predicted molar refractivity (Wildman–Crippen MR) is 76.5 cm³/mol. The monoisotopic (exact) mass is 377 g/mol. The summed E-state index contributed by atoms with van der Waals surface area (Å²) in [6.07, 6.45) is 4.34. The SMILES string of the molecule is O=C(NC1CCCCC1Br)c1cc(F)ccc1Br. The molecule has 1 aliphatic carbocycles. The Bertz CT molecular complexity index is 453. The van der Waals surface area contributed by atoms with Crippen molar-refractivity contribution in [3.05, 3.63) is 34.1 Å². The molecule has 0 heterocycles. The zero-order valence-electron chi connectivity index (χ0n) is 9.76. The Morgan fingerprint density at radius 3 is 2.78 bits per heavy atom. The van der Waals surface area contributed by atoms with Gasteiger partial charge in [-0.3, -0.25) is 4.79 Å². The smallest absolute Gasteiger partial charge is 0.252 e. The number of nitrogens with one attached hydrogen (secondary N) is 1. The summed E-state index contributed by atoms with van der Waals surface area (Å²) in [4.78, 5) is 12.4. The van der Waals surface area contributed by atoms with E-state index in [1.165, 1.54) is 18.6 Å². The second kappa shape index (κ2) is 6.15. The Kier molecular flexibility index (Phi) is 4.78. The molecule has 0 saturated heterocycles. The van der Waals surface area contributed by atoms with Crippen molar-refractivity contribution in [2.45, 2.75) is 36.6 Å². The standard InChI is InChI=1S/C13H14Br2FNO/c14-10-6-5-8(16)7-9(10)13(18)17-12-4-2-1-3-11(12)15/h5-7,11-12H,1-4H2,(H,17,18). The summed E-state index contributed by atoms with van der Waals surface area (Å²) in [6, 6.07) is 4.26. The maximum absolute atomic E-state index is 13.2. The lowest BCUT2D eigenvalue weighted by molar-refractivity contribution is 0.0928. The quantitative estimate of drug-likeness (QED) is 0.773.